The van der Waals surface area contributed by atoms with E-state index in [0.717, 1.165) is 0 Å². The van der Waals surface area contributed by atoms with Gasteiger partial charge >= 0.3 is 0 Å². The van der Waals surface area contributed by atoms with Crippen LogP contribution in [0.15, 0.2) is 0 Å². The Morgan fingerprint density at radius 2 is 1.46 bits per heavy atom. The van der Waals surface area contributed by atoms with Crippen molar-refractivity contribution >= 4 is 0 Å². The van der Waals surface area contributed by atoms with Gasteiger partial charge in [-0.1, -0.05) is 0 Å². The minimum absolute atomic E-state index is 0.0347. The maximum Gasteiger partial charge on any atom is 0.144 e. The van der Waals surface area contributed by atoms with Gasteiger partial charge < -0.3 is 44.8 Å². The Labute approximate surface area is 142 Å². The molecule has 4 atom stereocenters. The van der Waals surface area contributed by atoms with Gasteiger partial charge in [0.25, 0.3) is 0 Å². The molecule has 9 heteroatoms. The number of hydrogen-bond donors (Lipinski definition) is 6. The van der Waals surface area contributed by atoms with E-state index in [1.54, 1.807) is 0 Å². The van der Waals surface area contributed by atoms with E-state index in [1.165, 1.54) is 6.92 Å². The summed E-state index contributed by atoms with van der Waals surface area (Å²) in [4.78, 5) is 0. The smallest absolute Gasteiger partial charge is 0.144 e. The first-order valence-corrected chi connectivity index (χ1v) is 8.13. The Morgan fingerprint density at radius 3 is 1.96 bits per heavy atom. The van der Waals surface area contributed by atoms with Crippen molar-refractivity contribution in [3.8, 4) is 0 Å². The minimum Gasteiger partial charge on any atom is -0.396 e. The summed E-state index contributed by atoms with van der Waals surface area (Å²) in [5.41, 5.74) is -2.06. The van der Waals surface area contributed by atoms with Crippen LogP contribution >= 0.6 is 0 Å². The van der Waals surface area contributed by atoms with Gasteiger partial charge in [0.2, 0.25) is 0 Å². The topological polar surface area (TPSA) is 149 Å². The van der Waals surface area contributed by atoms with Crippen LogP contribution in [0.2, 0.25) is 0 Å². The van der Waals surface area contributed by atoms with Crippen LogP contribution in [0.4, 0.5) is 0 Å². The first-order valence-electron chi connectivity index (χ1n) is 8.13. The molecule has 0 aromatic carbocycles. The average molecular weight is 356 g/mol. The van der Waals surface area contributed by atoms with Crippen molar-refractivity contribution < 1.29 is 44.8 Å². The lowest BCUT2D eigenvalue weighted by Gasteiger charge is -2.41. The van der Waals surface area contributed by atoms with Crippen molar-refractivity contribution in [2.24, 2.45) is 0 Å². The summed E-state index contributed by atoms with van der Waals surface area (Å²) in [6.45, 7) is 1.53. The molecule has 0 aromatic heterocycles. The lowest BCUT2D eigenvalue weighted by Crippen LogP contribution is -2.61. The fourth-order valence-electron chi connectivity index (χ4n) is 2.25. The van der Waals surface area contributed by atoms with Gasteiger partial charge in [-0.3, -0.25) is 0 Å². The molecule has 0 radical (unpaired) electrons. The SMILES string of the molecule is CC(O)C(O)(C(O)CCCO)C(CO)OCCOCCOCCO. The molecule has 0 aliphatic rings. The predicted molar refractivity (Wildman–Crippen MR) is 84.5 cm³/mol. The molecule has 24 heavy (non-hydrogen) atoms. The summed E-state index contributed by atoms with van der Waals surface area (Å²) in [6.07, 6.45) is -3.63. The lowest BCUT2D eigenvalue weighted by atomic mass is 9.83. The van der Waals surface area contributed by atoms with E-state index in [0.29, 0.717) is 13.2 Å². The van der Waals surface area contributed by atoms with E-state index in [4.69, 9.17) is 24.4 Å². The summed E-state index contributed by atoms with van der Waals surface area (Å²) in [5.74, 6) is 0. The third-order valence-electron chi connectivity index (χ3n) is 3.67. The molecule has 0 rings (SSSR count). The van der Waals surface area contributed by atoms with Crippen molar-refractivity contribution in [2.75, 3.05) is 52.9 Å². The molecule has 0 aliphatic heterocycles. The van der Waals surface area contributed by atoms with Crippen LogP contribution in [0.1, 0.15) is 19.8 Å². The van der Waals surface area contributed by atoms with Crippen LogP contribution in [0.25, 0.3) is 0 Å². The Morgan fingerprint density at radius 1 is 0.875 bits per heavy atom. The van der Waals surface area contributed by atoms with Gasteiger partial charge in [0.15, 0.2) is 0 Å². The summed E-state index contributed by atoms with van der Waals surface area (Å²) in [6, 6.07) is 0. The van der Waals surface area contributed by atoms with Gasteiger partial charge in [0.05, 0.1) is 58.5 Å². The second kappa shape index (κ2) is 13.9. The van der Waals surface area contributed by atoms with Crippen molar-refractivity contribution in [3.05, 3.63) is 0 Å². The minimum atomic E-state index is -2.06. The molecule has 0 fully saturated rings. The molecule has 0 bridgehead atoms. The first kappa shape index (κ1) is 23.6. The van der Waals surface area contributed by atoms with Crippen LogP contribution in [0, 0.1) is 0 Å². The molecule has 6 N–H and O–H groups in total. The standard InChI is InChI=1S/C15H32O9/c1-12(19)15(21,13(20)3-2-4-16)14(11-18)24-10-9-23-8-7-22-6-5-17/h12-14,16-21H,2-11H2,1H3. The lowest BCUT2D eigenvalue weighted by molar-refractivity contribution is -0.222. The van der Waals surface area contributed by atoms with Crippen molar-refractivity contribution in [1.29, 1.82) is 0 Å². The highest BCUT2D eigenvalue weighted by molar-refractivity contribution is 4.98. The Balaban J connectivity index is 4.33. The molecule has 4 unspecified atom stereocenters. The first-order chi connectivity index (χ1) is 11.4. The quantitative estimate of drug-likeness (QED) is 0.167. The van der Waals surface area contributed by atoms with Gasteiger partial charge in [0, 0.05) is 6.61 Å². The van der Waals surface area contributed by atoms with Crippen LogP contribution in [0.5, 0.6) is 0 Å². The molecule has 0 aliphatic carbocycles. The summed E-state index contributed by atoms with van der Waals surface area (Å²) >= 11 is 0. The third kappa shape index (κ3) is 8.15. The zero-order valence-corrected chi connectivity index (χ0v) is 14.2. The summed E-state index contributed by atoms with van der Waals surface area (Å²) in [5, 5.41) is 57.3. The Hall–Kier alpha value is -0.360. The maximum absolute atomic E-state index is 10.6. The third-order valence-corrected chi connectivity index (χ3v) is 3.67. The zero-order valence-electron chi connectivity index (χ0n) is 14.2. The summed E-state index contributed by atoms with van der Waals surface area (Å²) in [7, 11) is 0. The molecule has 9 nitrogen and oxygen atoms in total. The monoisotopic (exact) mass is 356 g/mol. The van der Waals surface area contributed by atoms with E-state index in [9.17, 15) is 20.4 Å². The molecular formula is C15H32O9. The molecule has 0 spiro atoms. The normalized spacial score (nSPS) is 18.1. The number of aliphatic hydroxyl groups is 6. The van der Waals surface area contributed by atoms with E-state index in [-0.39, 0.29) is 45.9 Å². The van der Waals surface area contributed by atoms with Crippen LogP contribution in [0.3, 0.4) is 0 Å². The molecule has 0 amide bonds. The predicted octanol–water partition coefficient (Wildman–Crippen LogP) is -2.37. The molecule has 146 valence electrons. The van der Waals surface area contributed by atoms with Crippen LogP contribution < -0.4 is 0 Å². The van der Waals surface area contributed by atoms with Crippen molar-refractivity contribution in [2.45, 2.75) is 43.7 Å². The second-order valence-corrected chi connectivity index (χ2v) is 5.44. The highest BCUT2D eigenvalue weighted by atomic mass is 16.6. The van der Waals surface area contributed by atoms with Gasteiger partial charge in [-0.25, -0.2) is 0 Å². The fourth-order valence-corrected chi connectivity index (χ4v) is 2.25. The number of aliphatic hydroxyl groups excluding tert-OH is 5. The van der Waals surface area contributed by atoms with E-state index < -0.39 is 30.5 Å². The number of hydrogen-bond acceptors (Lipinski definition) is 9. The molecule has 0 aromatic rings. The summed E-state index contributed by atoms with van der Waals surface area (Å²) < 4.78 is 15.6. The number of rotatable bonds is 16. The van der Waals surface area contributed by atoms with Crippen molar-refractivity contribution in [3.63, 3.8) is 0 Å². The van der Waals surface area contributed by atoms with Gasteiger partial charge in [-0.2, -0.15) is 0 Å². The average Bonchev–Trinajstić information content (AvgIpc) is 2.57. The maximum atomic E-state index is 10.6. The largest absolute Gasteiger partial charge is 0.396 e. The molecular weight excluding hydrogens is 324 g/mol. The van der Waals surface area contributed by atoms with Gasteiger partial charge in [0.1, 0.15) is 11.7 Å². The molecule has 0 saturated heterocycles. The highest BCUT2D eigenvalue weighted by Gasteiger charge is 2.47. The van der Waals surface area contributed by atoms with Gasteiger partial charge in [-0.05, 0) is 19.8 Å². The van der Waals surface area contributed by atoms with Crippen LogP contribution in [-0.4, -0.2) is 107 Å². The van der Waals surface area contributed by atoms with E-state index in [1.807, 2.05) is 0 Å². The number of ether oxygens (including phenoxy) is 3. The van der Waals surface area contributed by atoms with Gasteiger partial charge in [-0.15, -0.1) is 0 Å². The second-order valence-electron chi connectivity index (χ2n) is 5.44. The molecule has 0 heterocycles. The van der Waals surface area contributed by atoms with E-state index >= 15 is 0 Å². The van der Waals surface area contributed by atoms with Crippen LogP contribution in [-0.2, 0) is 14.2 Å². The Bertz CT molecular complexity index is 290. The zero-order chi connectivity index (χ0) is 18.4. The highest BCUT2D eigenvalue weighted by Crippen LogP contribution is 2.26. The van der Waals surface area contributed by atoms with E-state index in [2.05, 4.69) is 0 Å². The Kier molecular flexibility index (Phi) is 13.7. The van der Waals surface area contributed by atoms with Crippen molar-refractivity contribution in [1.82, 2.24) is 0 Å². The molecule has 0 saturated carbocycles. The fraction of sp³-hybridized carbons (Fsp3) is 1.00.